The Morgan fingerprint density at radius 2 is 1.84 bits per heavy atom. The molecule has 110 valence electrons. The Labute approximate surface area is 116 Å². The van der Waals surface area contributed by atoms with Gasteiger partial charge in [0.05, 0.1) is 19.3 Å². The Morgan fingerprint density at radius 1 is 1.00 bits per heavy atom. The lowest BCUT2D eigenvalue weighted by Gasteiger charge is -2.42. The first-order chi connectivity index (χ1) is 9.34. The number of rotatable bonds is 3. The van der Waals surface area contributed by atoms with Crippen LogP contribution in [0.2, 0.25) is 0 Å². The van der Waals surface area contributed by atoms with Crippen molar-refractivity contribution in [2.24, 2.45) is 11.8 Å². The van der Waals surface area contributed by atoms with Gasteiger partial charge in [-0.05, 0) is 31.6 Å². The van der Waals surface area contributed by atoms with Gasteiger partial charge in [0.1, 0.15) is 0 Å². The first-order valence-corrected chi connectivity index (χ1v) is 7.92. The third-order valence-electron chi connectivity index (χ3n) is 5.14. The molecule has 4 nitrogen and oxygen atoms in total. The van der Waals surface area contributed by atoms with Crippen LogP contribution in [0.4, 0.5) is 0 Å². The first-order valence-electron chi connectivity index (χ1n) is 7.92. The highest BCUT2D eigenvalue weighted by molar-refractivity contribution is 4.90. The van der Waals surface area contributed by atoms with Crippen LogP contribution in [-0.2, 0) is 9.47 Å². The molecule has 1 saturated carbocycles. The van der Waals surface area contributed by atoms with Crippen molar-refractivity contribution < 1.29 is 14.6 Å². The molecule has 3 fully saturated rings. The number of aliphatic hydroxyl groups excluding tert-OH is 1. The maximum absolute atomic E-state index is 10.2. The van der Waals surface area contributed by atoms with Gasteiger partial charge >= 0.3 is 0 Å². The summed E-state index contributed by atoms with van der Waals surface area (Å²) >= 11 is 0. The summed E-state index contributed by atoms with van der Waals surface area (Å²) < 4.78 is 11.1. The standard InChI is InChI=1S/C15H27NO3/c17-15-3-1-2-13(15)14-11-19-9-6-16(14)10-12-4-7-18-8-5-12/h12-15,17H,1-11H2/t13-,14-,15+/m0/s1. The molecule has 0 spiro atoms. The second kappa shape index (κ2) is 6.53. The van der Waals surface area contributed by atoms with E-state index in [9.17, 15) is 5.11 Å². The van der Waals surface area contributed by atoms with E-state index in [0.717, 1.165) is 45.3 Å². The highest BCUT2D eigenvalue weighted by Gasteiger charge is 2.38. The minimum absolute atomic E-state index is 0.108. The van der Waals surface area contributed by atoms with Crippen LogP contribution < -0.4 is 0 Å². The molecule has 0 bridgehead atoms. The van der Waals surface area contributed by atoms with Crippen molar-refractivity contribution in [3.8, 4) is 0 Å². The smallest absolute Gasteiger partial charge is 0.0626 e. The number of hydrogen-bond donors (Lipinski definition) is 1. The van der Waals surface area contributed by atoms with Crippen molar-refractivity contribution >= 4 is 0 Å². The van der Waals surface area contributed by atoms with Gasteiger partial charge in [0, 0.05) is 38.3 Å². The fraction of sp³-hybridized carbons (Fsp3) is 1.00. The third kappa shape index (κ3) is 3.30. The lowest BCUT2D eigenvalue weighted by atomic mass is 9.92. The highest BCUT2D eigenvalue weighted by Crippen LogP contribution is 2.33. The summed E-state index contributed by atoms with van der Waals surface area (Å²) in [6, 6.07) is 0.439. The second-order valence-electron chi connectivity index (χ2n) is 6.36. The summed E-state index contributed by atoms with van der Waals surface area (Å²) in [6.07, 6.45) is 5.59. The fourth-order valence-corrected chi connectivity index (χ4v) is 3.96. The molecule has 2 saturated heterocycles. The van der Waals surface area contributed by atoms with Crippen molar-refractivity contribution in [3.05, 3.63) is 0 Å². The molecule has 1 aliphatic carbocycles. The van der Waals surface area contributed by atoms with Crippen LogP contribution in [0, 0.1) is 11.8 Å². The minimum atomic E-state index is -0.108. The largest absolute Gasteiger partial charge is 0.393 e. The van der Waals surface area contributed by atoms with Crippen LogP contribution in [0.1, 0.15) is 32.1 Å². The Kier molecular flexibility index (Phi) is 4.74. The lowest BCUT2D eigenvalue weighted by molar-refractivity contribution is -0.0615. The van der Waals surface area contributed by atoms with Gasteiger partial charge in [0.25, 0.3) is 0 Å². The van der Waals surface area contributed by atoms with Crippen LogP contribution in [0.5, 0.6) is 0 Å². The lowest BCUT2D eigenvalue weighted by Crippen LogP contribution is -2.52. The topological polar surface area (TPSA) is 41.9 Å². The summed E-state index contributed by atoms with van der Waals surface area (Å²) in [5.74, 6) is 1.20. The van der Waals surface area contributed by atoms with Crippen molar-refractivity contribution in [2.75, 3.05) is 39.5 Å². The van der Waals surface area contributed by atoms with Gasteiger partial charge in [-0.1, -0.05) is 6.42 Å². The van der Waals surface area contributed by atoms with E-state index in [1.165, 1.54) is 32.2 Å². The zero-order chi connectivity index (χ0) is 13.1. The van der Waals surface area contributed by atoms with E-state index in [-0.39, 0.29) is 6.10 Å². The maximum Gasteiger partial charge on any atom is 0.0626 e. The Hall–Kier alpha value is -0.160. The number of hydrogen-bond acceptors (Lipinski definition) is 4. The molecule has 0 radical (unpaired) electrons. The molecule has 0 aromatic carbocycles. The second-order valence-corrected chi connectivity index (χ2v) is 6.36. The highest BCUT2D eigenvalue weighted by atomic mass is 16.5. The summed E-state index contributed by atoms with van der Waals surface area (Å²) in [4.78, 5) is 2.60. The number of aliphatic hydroxyl groups is 1. The first kappa shape index (κ1) is 13.8. The van der Waals surface area contributed by atoms with Gasteiger partial charge in [-0.3, -0.25) is 4.90 Å². The Bertz CT molecular complexity index is 281. The minimum Gasteiger partial charge on any atom is -0.393 e. The van der Waals surface area contributed by atoms with E-state index in [0.29, 0.717) is 12.0 Å². The maximum atomic E-state index is 10.2. The van der Waals surface area contributed by atoms with Crippen molar-refractivity contribution in [2.45, 2.75) is 44.2 Å². The van der Waals surface area contributed by atoms with Crippen LogP contribution in [0.3, 0.4) is 0 Å². The van der Waals surface area contributed by atoms with E-state index in [4.69, 9.17) is 9.47 Å². The van der Waals surface area contributed by atoms with Crippen LogP contribution >= 0.6 is 0 Å². The van der Waals surface area contributed by atoms with Crippen LogP contribution in [0.15, 0.2) is 0 Å². The molecular formula is C15H27NO3. The van der Waals surface area contributed by atoms with Gasteiger partial charge in [0.15, 0.2) is 0 Å². The molecule has 0 aromatic rings. The van der Waals surface area contributed by atoms with Crippen molar-refractivity contribution in [3.63, 3.8) is 0 Å². The predicted molar refractivity (Wildman–Crippen MR) is 73.1 cm³/mol. The van der Waals surface area contributed by atoms with Gasteiger partial charge < -0.3 is 14.6 Å². The third-order valence-corrected chi connectivity index (χ3v) is 5.14. The Balaban J connectivity index is 1.59. The van der Waals surface area contributed by atoms with Gasteiger partial charge in [-0.15, -0.1) is 0 Å². The van der Waals surface area contributed by atoms with Crippen LogP contribution in [-0.4, -0.2) is 61.7 Å². The molecule has 19 heavy (non-hydrogen) atoms. The molecule has 4 heteroatoms. The molecule has 3 rings (SSSR count). The number of morpholine rings is 1. The molecule has 1 N–H and O–H groups in total. The quantitative estimate of drug-likeness (QED) is 0.838. The van der Waals surface area contributed by atoms with Crippen molar-refractivity contribution in [1.82, 2.24) is 4.90 Å². The van der Waals surface area contributed by atoms with E-state index in [1.54, 1.807) is 0 Å². The number of nitrogens with zero attached hydrogens (tertiary/aromatic N) is 1. The average molecular weight is 269 g/mol. The molecule has 2 aliphatic heterocycles. The zero-order valence-corrected chi connectivity index (χ0v) is 11.8. The summed E-state index contributed by atoms with van der Waals surface area (Å²) in [5.41, 5.74) is 0. The normalized spacial score (nSPS) is 38.7. The summed E-state index contributed by atoms with van der Waals surface area (Å²) in [5, 5.41) is 10.2. The number of ether oxygens (including phenoxy) is 2. The van der Waals surface area contributed by atoms with E-state index in [1.807, 2.05) is 0 Å². The van der Waals surface area contributed by atoms with Crippen molar-refractivity contribution in [1.29, 1.82) is 0 Å². The molecule has 2 heterocycles. The van der Waals surface area contributed by atoms with E-state index < -0.39 is 0 Å². The summed E-state index contributed by atoms with van der Waals surface area (Å²) in [6.45, 7) is 5.71. The molecule has 3 atom stereocenters. The molecule has 0 unspecified atom stereocenters. The van der Waals surface area contributed by atoms with Gasteiger partial charge in [0.2, 0.25) is 0 Å². The SMILES string of the molecule is O[C@@H]1CCC[C@H]1[C@@H]1COCCN1CC1CCOCC1. The van der Waals surface area contributed by atoms with E-state index >= 15 is 0 Å². The molecule has 0 aromatic heterocycles. The predicted octanol–water partition coefficient (Wildman–Crippen LogP) is 1.27. The Morgan fingerprint density at radius 3 is 2.58 bits per heavy atom. The van der Waals surface area contributed by atoms with E-state index in [2.05, 4.69) is 4.90 Å². The monoisotopic (exact) mass is 269 g/mol. The van der Waals surface area contributed by atoms with Gasteiger partial charge in [-0.25, -0.2) is 0 Å². The zero-order valence-electron chi connectivity index (χ0n) is 11.8. The van der Waals surface area contributed by atoms with Gasteiger partial charge in [-0.2, -0.15) is 0 Å². The fourth-order valence-electron chi connectivity index (χ4n) is 3.96. The average Bonchev–Trinajstić information content (AvgIpc) is 2.87. The van der Waals surface area contributed by atoms with Crippen LogP contribution in [0.25, 0.3) is 0 Å². The summed E-state index contributed by atoms with van der Waals surface area (Å²) in [7, 11) is 0. The molecule has 3 aliphatic rings. The molecular weight excluding hydrogens is 242 g/mol. The molecule has 0 amide bonds.